The minimum atomic E-state index is 0.160. The fourth-order valence-electron chi connectivity index (χ4n) is 2.76. The zero-order valence-electron chi connectivity index (χ0n) is 11.8. The standard InChI is InChI=1S/C13H24N4O/c1-9(14)7-12-10(2)15-16(3)13(12)17-6-5-11(8-17)18-4/h9,11H,5-8,14H2,1-4H3. The molecule has 0 amide bonds. The van der Waals surface area contributed by atoms with E-state index < -0.39 is 0 Å². The van der Waals surface area contributed by atoms with Crippen LogP contribution in [0.25, 0.3) is 0 Å². The van der Waals surface area contributed by atoms with Crippen LogP contribution in [0, 0.1) is 6.92 Å². The fraction of sp³-hybridized carbons (Fsp3) is 0.769. The summed E-state index contributed by atoms with van der Waals surface area (Å²) in [5.41, 5.74) is 8.31. The highest BCUT2D eigenvalue weighted by Gasteiger charge is 2.27. The van der Waals surface area contributed by atoms with Crippen molar-refractivity contribution in [3.05, 3.63) is 11.3 Å². The lowest BCUT2D eigenvalue weighted by atomic mass is 10.1. The van der Waals surface area contributed by atoms with E-state index in [2.05, 4.69) is 16.9 Å². The molecule has 1 aliphatic heterocycles. The molecule has 2 atom stereocenters. The Hall–Kier alpha value is -1.07. The first-order chi connectivity index (χ1) is 8.52. The Morgan fingerprint density at radius 1 is 1.56 bits per heavy atom. The SMILES string of the molecule is COC1CCN(c2c(CC(C)N)c(C)nn2C)C1. The Morgan fingerprint density at radius 2 is 2.28 bits per heavy atom. The normalized spacial score (nSPS) is 21.6. The highest BCUT2D eigenvalue weighted by atomic mass is 16.5. The number of ether oxygens (including phenoxy) is 1. The van der Waals surface area contributed by atoms with Crippen LogP contribution in [0.4, 0.5) is 5.82 Å². The maximum atomic E-state index is 5.94. The van der Waals surface area contributed by atoms with Gasteiger partial charge in [0.15, 0.2) is 0 Å². The molecule has 1 fully saturated rings. The molecule has 0 aromatic carbocycles. The molecule has 1 saturated heterocycles. The number of aromatic nitrogens is 2. The van der Waals surface area contributed by atoms with Crippen LogP contribution in [-0.2, 0) is 18.2 Å². The smallest absolute Gasteiger partial charge is 0.130 e. The van der Waals surface area contributed by atoms with Crippen molar-refractivity contribution >= 4 is 5.82 Å². The van der Waals surface area contributed by atoms with Crippen molar-refractivity contribution in [2.75, 3.05) is 25.1 Å². The molecular weight excluding hydrogens is 228 g/mol. The van der Waals surface area contributed by atoms with E-state index in [1.54, 1.807) is 7.11 Å². The Labute approximate surface area is 109 Å². The molecule has 0 bridgehead atoms. The number of nitrogens with zero attached hydrogens (tertiary/aromatic N) is 3. The van der Waals surface area contributed by atoms with Crippen molar-refractivity contribution in [1.82, 2.24) is 9.78 Å². The van der Waals surface area contributed by atoms with Gasteiger partial charge < -0.3 is 15.4 Å². The lowest BCUT2D eigenvalue weighted by Gasteiger charge is -2.21. The average molecular weight is 252 g/mol. The molecular formula is C13H24N4O. The number of hydrogen-bond donors (Lipinski definition) is 1. The number of nitrogens with two attached hydrogens (primary N) is 1. The Morgan fingerprint density at radius 3 is 2.83 bits per heavy atom. The first-order valence-corrected chi connectivity index (χ1v) is 6.58. The van der Waals surface area contributed by atoms with Gasteiger partial charge >= 0.3 is 0 Å². The summed E-state index contributed by atoms with van der Waals surface area (Å²) in [6.45, 7) is 6.08. The zero-order chi connectivity index (χ0) is 13.3. The third kappa shape index (κ3) is 2.52. The molecule has 1 aliphatic rings. The van der Waals surface area contributed by atoms with E-state index in [9.17, 15) is 0 Å². The molecule has 2 rings (SSSR count). The predicted molar refractivity (Wildman–Crippen MR) is 72.9 cm³/mol. The molecule has 102 valence electrons. The third-order valence-corrected chi connectivity index (χ3v) is 3.62. The third-order valence-electron chi connectivity index (χ3n) is 3.62. The second kappa shape index (κ2) is 5.28. The van der Waals surface area contributed by atoms with Gasteiger partial charge in [0.25, 0.3) is 0 Å². The summed E-state index contributed by atoms with van der Waals surface area (Å²) in [7, 11) is 3.79. The molecule has 0 radical (unpaired) electrons. The van der Waals surface area contributed by atoms with Gasteiger partial charge in [-0.25, -0.2) is 0 Å². The van der Waals surface area contributed by atoms with Crippen molar-refractivity contribution in [2.45, 2.75) is 38.8 Å². The second-order valence-corrected chi connectivity index (χ2v) is 5.28. The lowest BCUT2D eigenvalue weighted by Crippen LogP contribution is -2.27. The lowest BCUT2D eigenvalue weighted by molar-refractivity contribution is 0.121. The number of hydrogen-bond acceptors (Lipinski definition) is 4. The maximum absolute atomic E-state index is 5.94. The highest BCUT2D eigenvalue weighted by Crippen LogP contribution is 2.28. The second-order valence-electron chi connectivity index (χ2n) is 5.28. The Balaban J connectivity index is 2.26. The highest BCUT2D eigenvalue weighted by molar-refractivity contribution is 5.51. The summed E-state index contributed by atoms with van der Waals surface area (Å²) in [4.78, 5) is 2.37. The number of methoxy groups -OCH3 is 1. The van der Waals surface area contributed by atoms with Crippen molar-refractivity contribution in [2.24, 2.45) is 12.8 Å². The summed E-state index contributed by atoms with van der Waals surface area (Å²) in [6, 6.07) is 0.160. The summed E-state index contributed by atoms with van der Waals surface area (Å²) in [6.07, 6.45) is 2.30. The quantitative estimate of drug-likeness (QED) is 0.863. The topological polar surface area (TPSA) is 56.3 Å². The van der Waals surface area contributed by atoms with Crippen LogP contribution in [0.1, 0.15) is 24.6 Å². The molecule has 18 heavy (non-hydrogen) atoms. The van der Waals surface area contributed by atoms with E-state index in [-0.39, 0.29) is 6.04 Å². The van der Waals surface area contributed by atoms with Crippen molar-refractivity contribution in [3.63, 3.8) is 0 Å². The van der Waals surface area contributed by atoms with Crippen LogP contribution in [0.5, 0.6) is 0 Å². The van der Waals surface area contributed by atoms with Gasteiger partial charge in [0.05, 0.1) is 11.8 Å². The van der Waals surface area contributed by atoms with Crippen LogP contribution in [-0.4, -0.2) is 42.1 Å². The summed E-state index contributed by atoms with van der Waals surface area (Å²) in [5, 5.41) is 4.54. The monoisotopic (exact) mass is 252 g/mol. The molecule has 2 N–H and O–H groups in total. The van der Waals surface area contributed by atoms with Gasteiger partial charge in [0, 0.05) is 38.9 Å². The van der Waals surface area contributed by atoms with Gasteiger partial charge in [0.1, 0.15) is 5.82 Å². The predicted octanol–water partition coefficient (Wildman–Crippen LogP) is 0.843. The summed E-state index contributed by atoms with van der Waals surface area (Å²) >= 11 is 0. The van der Waals surface area contributed by atoms with Gasteiger partial charge in [-0.2, -0.15) is 5.10 Å². The first kappa shape index (κ1) is 13.4. The number of rotatable bonds is 4. The number of anilines is 1. The van der Waals surface area contributed by atoms with Crippen molar-refractivity contribution in [3.8, 4) is 0 Å². The van der Waals surface area contributed by atoms with Crippen LogP contribution < -0.4 is 10.6 Å². The molecule has 2 heterocycles. The van der Waals surface area contributed by atoms with Gasteiger partial charge in [-0.05, 0) is 26.7 Å². The van der Waals surface area contributed by atoms with E-state index in [4.69, 9.17) is 10.5 Å². The first-order valence-electron chi connectivity index (χ1n) is 6.58. The summed E-state index contributed by atoms with van der Waals surface area (Å²) in [5.74, 6) is 1.21. The van der Waals surface area contributed by atoms with Gasteiger partial charge in [0.2, 0.25) is 0 Å². The molecule has 2 unspecified atom stereocenters. The van der Waals surface area contributed by atoms with Gasteiger partial charge in [-0.3, -0.25) is 4.68 Å². The Bertz CT molecular complexity index is 413. The van der Waals surface area contributed by atoms with Crippen LogP contribution in [0.3, 0.4) is 0 Å². The molecule has 0 aliphatic carbocycles. The van der Waals surface area contributed by atoms with Gasteiger partial charge in [-0.1, -0.05) is 0 Å². The Kier molecular flexibility index (Phi) is 3.92. The van der Waals surface area contributed by atoms with Crippen LogP contribution >= 0.6 is 0 Å². The maximum Gasteiger partial charge on any atom is 0.130 e. The number of aryl methyl sites for hydroxylation is 2. The van der Waals surface area contributed by atoms with Gasteiger partial charge in [-0.15, -0.1) is 0 Å². The van der Waals surface area contributed by atoms with E-state index in [1.807, 2.05) is 18.7 Å². The van der Waals surface area contributed by atoms with E-state index in [0.717, 1.165) is 31.6 Å². The summed E-state index contributed by atoms with van der Waals surface area (Å²) < 4.78 is 7.41. The van der Waals surface area contributed by atoms with Crippen molar-refractivity contribution < 1.29 is 4.74 Å². The zero-order valence-corrected chi connectivity index (χ0v) is 11.8. The molecule has 0 saturated carbocycles. The van der Waals surface area contributed by atoms with Crippen molar-refractivity contribution in [1.29, 1.82) is 0 Å². The van der Waals surface area contributed by atoms with E-state index in [0.29, 0.717) is 6.10 Å². The minimum Gasteiger partial charge on any atom is -0.380 e. The van der Waals surface area contributed by atoms with E-state index in [1.165, 1.54) is 11.4 Å². The molecule has 5 nitrogen and oxygen atoms in total. The van der Waals surface area contributed by atoms with Crippen LogP contribution in [0.15, 0.2) is 0 Å². The molecule has 1 aromatic rings. The molecule has 1 aromatic heterocycles. The van der Waals surface area contributed by atoms with Crippen LogP contribution in [0.2, 0.25) is 0 Å². The molecule has 5 heteroatoms. The minimum absolute atomic E-state index is 0.160. The molecule has 0 spiro atoms. The largest absolute Gasteiger partial charge is 0.380 e. The van der Waals surface area contributed by atoms with E-state index >= 15 is 0 Å². The average Bonchev–Trinajstić information content (AvgIpc) is 2.84. The fourth-order valence-corrected chi connectivity index (χ4v) is 2.76.